The van der Waals surface area contributed by atoms with Gasteiger partial charge in [-0.15, -0.1) is 0 Å². The molecular weight excluding hydrogens is 394 g/mol. The lowest BCUT2D eigenvalue weighted by atomic mass is 10.1. The van der Waals surface area contributed by atoms with Crippen molar-refractivity contribution in [1.82, 2.24) is 14.9 Å². The topological polar surface area (TPSA) is 60.1 Å². The molecule has 1 N–H and O–H groups in total. The fraction of sp³-hybridized carbons (Fsp3) is 0.200. The number of hydrogen-bond acceptors (Lipinski definition) is 3. The number of fused-ring (bicyclic) bond motifs is 2. The molecule has 2 heterocycles. The van der Waals surface area contributed by atoms with Gasteiger partial charge in [0.2, 0.25) is 0 Å². The molecule has 0 aliphatic heterocycles. The Labute approximate surface area is 159 Å². The number of para-hydroxylation sites is 2. The third-order valence-corrected chi connectivity index (χ3v) is 5.15. The predicted octanol–water partition coefficient (Wildman–Crippen LogP) is 4.88. The quantitative estimate of drug-likeness (QED) is 0.522. The van der Waals surface area contributed by atoms with E-state index >= 15 is 0 Å². The molecule has 2 aromatic heterocycles. The van der Waals surface area contributed by atoms with E-state index in [-0.39, 0.29) is 11.9 Å². The van der Waals surface area contributed by atoms with Crippen LogP contribution in [0.2, 0.25) is 0 Å². The highest BCUT2D eigenvalue weighted by Gasteiger charge is 2.22. The first-order valence-corrected chi connectivity index (χ1v) is 9.16. The molecule has 2 aromatic carbocycles. The van der Waals surface area contributed by atoms with Gasteiger partial charge in [0.1, 0.15) is 11.4 Å². The number of furan rings is 1. The molecule has 0 aliphatic rings. The van der Waals surface area contributed by atoms with Crippen LogP contribution in [0.15, 0.2) is 51.4 Å². The van der Waals surface area contributed by atoms with Crippen LogP contribution in [0.4, 0.5) is 0 Å². The lowest BCUT2D eigenvalue weighted by Gasteiger charge is -2.13. The zero-order valence-electron chi connectivity index (χ0n) is 14.7. The van der Waals surface area contributed by atoms with Crippen molar-refractivity contribution in [1.29, 1.82) is 0 Å². The summed E-state index contributed by atoms with van der Waals surface area (Å²) in [6.45, 7) is 3.82. The maximum Gasteiger partial charge on any atom is 0.287 e. The lowest BCUT2D eigenvalue weighted by Crippen LogP contribution is -2.28. The number of halogens is 1. The van der Waals surface area contributed by atoms with Gasteiger partial charge in [-0.2, -0.15) is 0 Å². The molecule has 0 saturated heterocycles. The van der Waals surface area contributed by atoms with Crippen molar-refractivity contribution in [3.63, 3.8) is 0 Å². The van der Waals surface area contributed by atoms with Crippen LogP contribution < -0.4 is 5.32 Å². The molecule has 0 fully saturated rings. The van der Waals surface area contributed by atoms with Crippen LogP contribution in [0, 0.1) is 6.92 Å². The molecule has 5 nitrogen and oxygen atoms in total. The van der Waals surface area contributed by atoms with Crippen LogP contribution in [0.5, 0.6) is 0 Å². The predicted molar refractivity (Wildman–Crippen MR) is 105 cm³/mol. The molecule has 0 radical (unpaired) electrons. The molecule has 1 atom stereocenters. The average molecular weight is 412 g/mol. The summed E-state index contributed by atoms with van der Waals surface area (Å²) in [7, 11) is 1.96. The van der Waals surface area contributed by atoms with Crippen molar-refractivity contribution >= 4 is 43.8 Å². The molecule has 1 amide bonds. The SMILES string of the molecule is Cc1c(C(=O)N[C@@H](C)c2nc3ccccc3n2C)oc2ccc(Br)cc12. The monoisotopic (exact) mass is 411 g/mol. The first kappa shape index (κ1) is 16.8. The van der Waals surface area contributed by atoms with Gasteiger partial charge < -0.3 is 14.3 Å². The maximum atomic E-state index is 12.8. The Morgan fingerprint density at radius 3 is 2.81 bits per heavy atom. The van der Waals surface area contributed by atoms with Gasteiger partial charge >= 0.3 is 0 Å². The summed E-state index contributed by atoms with van der Waals surface area (Å²) in [6, 6.07) is 13.4. The fourth-order valence-corrected chi connectivity index (χ4v) is 3.65. The largest absolute Gasteiger partial charge is 0.451 e. The van der Waals surface area contributed by atoms with Crippen molar-refractivity contribution in [3.8, 4) is 0 Å². The molecule has 132 valence electrons. The van der Waals surface area contributed by atoms with Gasteiger partial charge in [-0.3, -0.25) is 4.79 Å². The Bertz CT molecular complexity index is 1140. The van der Waals surface area contributed by atoms with Crippen LogP contribution in [0.25, 0.3) is 22.0 Å². The smallest absolute Gasteiger partial charge is 0.287 e. The zero-order chi connectivity index (χ0) is 18.4. The second-order valence-corrected chi connectivity index (χ2v) is 7.33. The molecule has 26 heavy (non-hydrogen) atoms. The lowest BCUT2D eigenvalue weighted by molar-refractivity contribution is 0.0911. The number of carbonyl (C=O) groups is 1. The van der Waals surface area contributed by atoms with Crippen LogP contribution in [-0.4, -0.2) is 15.5 Å². The highest BCUT2D eigenvalue weighted by Crippen LogP contribution is 2.28. The highest BCUT2D eigenvalue weighted by molar-refractivity contribution is 9.10. The van der Waals surface area contributed by atoms with Crippen LogP contribution >= 0.6 is 15.9 Å². The van der Waals surface area contributed by atoms with E-state index in [1.807, 2.05) is 67.9 Å². The number of imidazole rings is 1. The van der Waals surface area contributed by atoms with E-state index in [4.69, 9.17) is 4.42 Å². The summed E-state index contributed by atoms with van der Waals surface area (Å²) in [6.07, 6.45) is 0. The Kier molecular flexibility index (Phi) is 4.07. The maximum absolute atomic E-state index is 12.8. The van der Waals surface area contributed by atoms with Crippen molar-refractivity contribution in [2.75, 3.05) is 0 Å². The van der Waals surface area contributed by atoms with Gasteiger partial charge in [0.15, 0.2) is 5.76 Å². The molecule has 4 aromatic rings. The van der Waals surface area contributed by atoms with Gasteiger partial charge in [-0.05, 0) is 44.2 Å². The first-order chi connectivity index (χ1) is 12.5. The van der Waals surface area contributed by atoms with E-state index in [9.17, 15) is 4.79 Å². The third kappa shape index (κ3) is 2.70. The van der Waals surface area contributed by atoms with E-state index in [2.05, 4.69) is 26.2 Å². The zero-order valence-corrected chi connectivity index (χ0v) is 16.3. The first-order valence-electron chi connectivity index (χ1n) is 8.36. The number of rotatable bonds is 3. The third-order valence-electron chi connectivity index (χ3n) is 4.66. The van der Waals surface area contributed by atoms with Gasteiger partial charge in [-0.1, -0.05) is 28.1 Å². The van der Waals surface area contributed by atoms with Gasteiger partial charge in [-0.25, -0.2) is 4.98 Å². The summed E-state index contributed by atoms with van der Waals surface area (Å²) in [5.74, 6) is 0.897. The average Bonchev–Trinajstić information content (AvgIpc) is 3.13. The minimum atomic E-state index is -0.251. The molecule has 0 spiro atoms. The second kappa shape index (κ2) is 6.29. The Morgan fingerprint density at radius 2 is 2.04 bits per heavy atom. The Hall–Kier alpha value is -2.60. The normalized spacial score (nSPS) is 12.6. The number of nitrogens with one attached hydrogen (secondary N) is 1. The molecule has 4 rings (SSSR count). The number of aryl methyl sites for hydroxylation is 2. The van der Waals surface area contributed by atoms with Crippen LogP contribution in [0.1, 0.15) is 34.9 Å². The van der Waals surface area contributed by atoms with E-state index in [1.165, 1.54) is 0 Å². The van der Waals surface area contributed by atoms with Gasteiger partial charge in [0.05, 0.1) is 17.1 Å². The van der Waals surface area contributed by atoms with Crippen molar-refractivity contribution in [2.24, 2.45) is 7.05 Å². The number of benzene rings is 2. The number of carbonyl (C=O) groups excluding carboxylic acids is 1. The molecule has 0 bridgehead atoms. The van der Waals surface area contributed by atoms with Gasteiger partial charge in [0, 0.05) is 22.5 Å². The molecule has 0 saturated carbocycles. The minimum absolute atomic E-state index is 0.241. The summed E-state index contributed by atoms with van der Waals surface area (Å²) < 4.78 is 8.74. The van der Waals surface area contributed by atoms with Gasteiger partial charge in [0.25, 0.3) is 5.91 Å². The minimum Gasteiger partial charge on any atom is -0.451 e. The number of aromatic nitrogens is 2. The summed E-state index contributed by atoms with van der Waals surface area (Å²) in [4.78, 5) is 17.4. The number of nitrogens with zero attached hydrogens (tertiary/aromatic N) is 2. The Balaban J connectivity index is 1.65. The molecular formula is C20H18BrN3O2. The summed E-state index contributed by atoms with van der Waals surface area (Å²) in [5, 5.41) is 3.93. The number of hydrogen-bond donors (Lipinski definition) is 1. The summed E-state index contributed by atoms with van der Waals surface area (Å²) >= 11 is 3.46. The highest BCUT2D eigenvalue weighted by atomic mass is 79.9. The Morgan fingerprint density at radius 1 is 1.27 bits per heavy atom. The van der Waals surface area contributed by atoms with E-state index < -0.39 is 0 Å². The fourth-order valence-electron chi connectivity index (χ4n) is 3.29. The van der Waals surface area contributed by atoms with Crippen LogP contribution in [-0.2, 0) is 7.05 Å². The number of amides is 1. The second-order valence-electron chi connectivity index (χ2n) is 6.41. The van der Waals surface area contributed by atoms with E-state index in [1.54, 1.807) is 0 Å². The van der Waals surface area contributed by atoms with E-state index in [0.717, 1.165) is 32.3 Å². The molecule has 6 heteroatoms. The van der Waals surface area contributed by atoms with Crippen LogP contribution in [0.3, 0.4) is 0 Å². The van der Waals surface area contributed by atoms with Crippen molar-refractivity contribution in [2.45, 2.75) is 19.9 Å². The molecule has 0 aliphatic carbocycles. The molecule has 0 unspecified atom stereocenters. The van der Waals surface area contributed by atoms with Crippen molar-refractivity contribution in [3.05, 3.63) is 64.1 Å². The van der Waals surface area contributed by atoms with Crippen molar-refractivity contribution < 1.29 is 9.21 Å². The standard InChI is InChI=1S/C20H18BrN3O2/c1-11-14-10-13(21)8-9-17(14)26-18(11)20(25)22-12(2)19-23-15-6-4-5-7-16(15)24(19)3/h4-10,12H,1-3H3,(H,22,25)/t12-/m0/s1. The van der Waals surface area contributed by atoms with E-state index in [0.29, 0.717) is 11.3 Å². The summed E-state index contributed by atoms with van der Waals surface area (Å²) in [5.41, 5.74) is 3.48.